The molecule has 1 aromatic carbocycles. The molecule has 0 fully saturated rings. The summed E-state index contributed by atoms with van der Waals surface area (Å²) in [6, 6.07) is 6.36. The molecule has 0 spiro atoms. The van der Waals surface area contributed by atoms with Crippen molar-refractivity contribution in [1.82, 2.24) is 20.2 Å². The maximum atomic E-state index is 11.0. The Morgan fingerprint density at radius 2 is 2.00 bits per heavy atom. The van der Waals surface area contributed by atoms with Crippen LogP contribution < -0.4 is 21.7 Å². The van der Waals surface area contributed by atoms with Crippen LogP contribution in [0.5, 0.6) is 11.6 Å². The molecule has 0 unspecified atom stereocenters. The number of amides is 1. The first kappa shape index (κ1) is 12.8. The van der Waals surface area contributed by atoms with Crippen LogP contribution in [0.15, 0.2) is 30.5 Å². The number of fused-ring (bicyclic) bond motifs is 1. The maximum absolute atomic E-state index is 11.0. The molecule has 3 rings (SSSR count). The lowest BCUT2D eigenvalue weighted by Gasteiger charge is -2.07. The number of aromatic amines is 1. The number of rotatable bonds is 4. The maximum Gasteiger partial charge on any atom is 0.248 e. The summed E-state index contributed by atoms with van der Waals surface area (Å²) >= 11 is 0. The highest BCUT2D eigenvalue weighted by molar-refractivity contribution is 5.92. The molecule has 3 aromatic rings. The number of hydrogen-bond acceptors (Lipinski definition) is 7. The van der Waals surface area contributed by atoms with Crippen molar-refractivity contribution in [3.05, 3.63) is 36.0 Å². The largest absolute Gasteiger partial charge is 0.438 e. The van der Waals surface area contributed by atoms with E-state index in [9.17, 15) is 4.79 Å². The zero-order valence-corrected chi connectivity index (χ0v) is 10.7. The first-order valence-electron chi connectivity index (χ1n) is 5.93. The number of nitrogens with zero attached hydrogens (tertiary/aromatic N) is 3. The first-order chi connectivity index (χ1) is 10.2. The van der Waals surface area contributed by atoms with E-state index in [-0.39, 0.29) is 11.8 Å². The van der Waals surface area contributed by atoms with Crippen molar-refractivity contribution in [2.45, 2.75) is 0 Å². The van der Waals surface area contributed by atoms with Gasteiger partial charge < -0.3 is 10.5 Å². The van der Waals surface area contributed by atoms with Gasteiger partial charge in [-0.25, -0.2) is 5.84 Å². The third-order valence-corrected chi connectivity index (χ3v) is 2.76. The molecule has 9 nitrogen and oxygen atoms in total. The molecule has 21 heavy (non-hydrogen) atoms. The Balaban J connectivity index is 1.97. The molecule has 1 amide bonds. The van der Waals surface area contributed by atoms with Crippen molar-refractivity contribution in [1.29, 1.82) is 0 Å². The lowest BCUT2D eigenvalue weighted by atomic mass is 10.2. The van der Waals surface area contributed by atoms with Crippen LogP contribution in [0.4, 0.5) is 5.95 Å². The summed E-state index contributed by atoms with van der Waals surface area (Å²) in [6.07, 6.45) is 1.54. The van der Waals surface area contributed by atoms with Crippen molar-refractivity contribution in [3.8, 4) is 11.6 Å². The van der Waals surface area contributed by atoms with E-state index in [1.54, 1.807) is 30.5 Å². The summed E-state index contributed by atoms with van der Waals surface area (Å²) in [5.74, 6) is 5.77. The molecular formula is C12H11N7O2. The predicted molar refractivity (Wildman–Crippen MR) is 74.5 cm³/mol. The molecular weight excluding hydrogens is 274 g/mol. The zero-order chi connectivity index (χ0) is 14.8. The van der Waals surface area contributed by atoms with Crippen LogP contribution in [0.25, 0.3) is 11.0 Å². The number of carbonyl (C=O) groups excluding carboxylic acids is 1. The minimum Gasteiger partial charge on any atom is -0.438 e. The number of nitrogens with two attached hydrogens (primary N) is 2. The number of nitrogens with one attached hydrogen (secondary N) is 2. The van der Waals surface area contributed by atoms with Gasteiger partial charge in [0, 0.05) is 5.56 Å². The Bertz CT molecular complexity index is 797. The topological polar surface area (TPSA) is 145 Å². The minimum atomic E-state index is -0.504. The summed E-state index contributed by atoms with van der Waals surface area (Å²) in [5.41, 5.74) is 8.41. The van der Waals surface area contributed by atoms with Gasteiger partial charge in [0.25, 0.3) is 0 Å². The van der Waals surface area contributed by atoms with Gasteiger partial charge in [0.2, 0.25) is 17.7 Å². The van der Waals surface area contributed by atoms with Gasteiger partial charge in [0.15, 0.2) is 5.65 Å². The molecule has 0 atom stereocenters. The molecule has 2 aromatic heterocycles. The SMILES string of the molecule is NNc1nc(Oc2ccc(C(N)=O)cc2)c2cn[nH]c2n1. The third-order valence-electron chi connectivity index (χ3n) is 2.76. The molecule has 0 aliphatic rings. The Morgan fingerprint density at radius 1 is 1.24 bits per heavy atom. The lowest BCUT2D eigenvalue weighted by Crippen LogP contribution is -2.11. The van der Waals surface area contributed by atoms with Gasteiger partial charge in [-0.1, -0.05) is 0 Å². The van der Waals surface area contributed by atoms with Crippen molar-refractivity contribution in [3.63, 3.8) is 0 Å². The monoisotopic (exact) mass is 285 g/mol. The lowest BCUT2D eigenvalue weighted by molar-refractivity contribution is 0.100. The van der Waals surface area contributed by atoms with Crippen molar-refractivity contribution in [2.75, 3.05) is 5.43 Å². The van der Waals surface area contributed by atoms with Crippen LogP contribution >= 0.6 is 0 Å². The number of hydrogen-bond donors (Lipinski definition) is 4. The van der Waals surface area contributed by atoms with Gasteiger partial charge in [-0.15, -0.1) is 0 Å². The molecule has 0 radical (unpaired) electrons. The Labute approximate surface area is 118 Å². The second-order valence-corrected chi connectivity index (χ2v) is 4.12. The average Bonchev–Trinajstić information content (AvgIpc) is 2.96. The van der Waals surface area contributed by atoms with E-state index in [0.29, 0.717) is 22.3 Å². The molecule has 0 bridgehead atoms. The quantitative estimate of drug-likeness (QED) is 0.404. The average molecular weight is 285 g/mol. The number of hydrazine groups is 1. The van der Waals surface area contributed by atoms with Crippen molar-refractivity contribution >= 4 is 22.9 Å². The molecule has 0 aliphatic heterocycles. The molecule has 2 heterocycles. The normalized spacial score (nSPS) is 10.5. The van der Waals surface area contributed by atoms with E-state index in [4.69, 9.17) is 16.3 Å². The second kappa shape index (κ2) is 5.06. The number of carbonyl (C=O) groups is 1. The summed E-state index contributed by atoms with van der Waals surface area (Å²) in [7, 11) is 0. The van der Waals surface area contributed by atoms with E-state index in [1.807, 2.05) is 0 Å². The van der Waals surface area contributed by atoms with E-state index in [2.05, 4.69) is 25.6 Å². The molecule has 106 valence electrons. The van der Waals surface area contributed by atoms with Crippen LogP contribution in [0, 0.1) is 0 Å². The number of aromatic nitrogens is 4. The minimum absolute atomic E-state index is 0.190. The summed E-state index contributed by atoms with van der Waals surface area (Å²) in [4.78, 5) is 19.2. The van der Waals surface area contributed by atoms with Gasteiger partial charge in [-0.05, 0) is 24.3 Å². The Morgan fingerprint density at radius 3 is 2.67 bits per heavy atom. The standard InChI is InChI=1S/C12H11N7O2/c13-9(20)6-1-3-7(4-2-6)21-11-8-5-15-19-10(8)16-12(17-11)18-14/h1-5H,14H2,(H2,13,20)(H2,15,16,17,18,19). The van der Waals surface area contributed by atoms with Crippen molar-refractivity contribution in [2.24, 2.45) is 11.6 Å². The van der Waals surface area contributed by atoms with Gasteiger partial charge >= 0.3 is 0 Å². The Hall–Kier alpha value is -3.20. The van der Waals surface area contributed by atoms with Gasteiger partial charge in [-0.2, -0.15) is 15.1 Å². The molecule has 9 heteroatoms. The predicted octanol–water partition coefficient (Wildman–Crippen LogP) is 0.530. The number of H-pyrrole nitrogens is 1. The summed E-state index contributed by atoms with van der Waals surface area (Å²) in [5, 5.41) is 7.19. The van der Waals surface area contributed by atoms with E-state index >= 15 is 0 Å². The van der Waals surface area contributed by atoms with Gasteiger partial charge in [0.05, 0.1) is 6.20 Å². The van der Waals surface area contributed by atoms with Crippen molar-refractivity contribution < 1.29 is 9.53 Å². The summed E-state index contributed by atoms with van der Waals surface area (Å²) in [6.45, 7) is 0. The number of ether oxygens (including phenoxy) is 1. The molecule has 0 saturated heterocycles. The fourth-order valence-electron chi connectivity index (χ4n) is 1.75. The number of benzene rings is 1. The molecule has 0 saturated carbocycles. The third kappa shape index (κ3) is 2.44. The Kier molecular flexibility index (Phi) is 3.09. The van der Waals surface area contributed by atoms with Gasteiger partial charge in [-0.3, -0.25) is 15.3 Å². The summed E-state index contributed by atoms with van der Waals surface area (Å²) < 4.78 is 5.67. The highest BCUT2D eigenvalue weighted by Crippen LogP contribution is 2.27. The fourth-order valence-corrected chi connectivity index (χ4v) is 1.75. The molecule has 0 aliphatic carbocycles. The van der Waals surface area contributed by atoms with Gasteiger partial charge in [0.1, 0.15) is 11.1 Å². The highest BCUT2D eigenvalue weighted by atomic mass is 16.5. The number of primary amides is 1. The molecule has 6 N–H and O–H groups in total. The first-order valence-corrected chi connectivity index (χ1v) is 5.93. The zero-order valence-electron chi connectivity index (χ0n) is 10.7. The highest BCUT2D eigenvalue weighted by Gasteiger charge is 2.11. The van der Waals surface area contributed by atoms with E-state index in [1.165, 1.54) is 0 Å². The van der Waals surface area contributed by atoms with Crippen LogP contribution in [0.3, 0.4) is 0 Å². The van der Waals surface area contributed by atoms with Crippen LogP contribution in [0.1, 0.15) is 10.4 Å². The number of anilines is 1. The second-order valence-electron chi connectivity index (χ2n) is 4.12. The fraction of sp³-hybridized carbons (Fsp3) is 0. The van der Waals surface area contributed by atoms with Crippen LogP contribution in [0.2, 0.25) is 0 Å². The number of nitrogen functional groups attached to an aromatic ring is 1. The smallest absolute Gasteiger partial charge is 0.248 e. The van der Waals surface area contributed by atoms with Crippen LogP contribution in [-0.4, -0.2) is 26.1 Å². The van der Waals surface area contributed by atoms with Crippen LogP contribution in [-0.2, 0) is 0 Å². The van der Waals surface area contributed by atoms with E-state index < -0.39 is 5.91 Å². The van der Waals surface area contributed by atoms with E-state index in [0.717, 1.165) is 0 Å².